The van der Waals surface area contributed by atoms with E-state index in [4.69, 9.17) is 5.73 Å². The Morgan fingerprint density at radius 1 is 1.00 bits per heavy atom. The molecule has 5 heteroatoms. The zero-order valence-corrected chi connectivity index (χ0v) is 11.9. The maximum absolute atomic E-state index is 5.87. The number of hydrogen-bond acceptors (Lipinski definition) is 4. The summed E-state index contributed by atoms with van der Waals surface area (Å²) in [6, 6.07) is 16.0. The largest absolute Gasteiger partial charge is 0.399 e. The van der Waals surface area contributed by atoms with Gasteiger partial charge >= 0.3 is 0 Å². The molecule has 0 bridgehead atoms. The van der Waals surface area contributed by atoms with Crippen LogP contribution < -0.4 is 5.73 Å². The third-order valence-electron chi connectivity index (χ3n) is 3.33. The van der Waals surface area contributed by atoms with Crippen LogP contribution in [0.3, 0.4) is 0 Å². The van der Waals surface area contributed by atoms with E-state index in [-0.39, 0.29) is 0 Å². The Bertz CT molecular complexity index is 912. The summed E-state index contributed by atoms with van der Waals surface area (Å²) in [5.41, 5.74) is 8.62. The minimum atomic E-state index is 0.718. The second-order valence-corrected chi connectivity index (χ2v) is 5.81. The molecule has 3 N–H and O–H groups in total. The standard InChI is InChI=1S/C16H12N4S/c17-11-5-6-14-12(8-11)16(19-9-18-14)21-15-7-10-3-1-2-4-13(10)20-15/h1-9,20H,17H2. The highest BCUT2D eigenvalue weighted by molar-refractivity contribution is 7.99. The van der Waals surface area contributed by atoms with E-state index < -0.39 is 0 Å². The summed E-state index contributed by atoms with van der Waals surface area (Å²) in [6.07, 6.45) is 1.59. The van der Waals surface area contributed by atoms with E-state index in [9.17, 15) is 0 Å². The fourth-order valence-corrected chi connectivity index (χ4v) is 3.27. The first-order chi connectivity index (χ1) is 10.3. The van der Waals surface area contributed by atoms with Gasteiger partial charge in [0.15, 0.2) is 0 Å². The van der Waals surface area contributed by atoms with E-state index in [0.717, 1.165) is 32.2 Å². The number of hydrogen-bond donors (Lipinski definition) is 2. The molecule has 0 aliphatic carbocycles. The van der Waals surface area contributed by atoms with Gasteiger partial charge in [-0.25, -0.2) is 9.97 Å². The summed E-state index contributed by atoms with van der Waals surface area (Å²) < 4.78 is 0. The predicted octanol–water partition coefficient (Wildman–Crippen LogP) is 3.84. The molecule has 0 saturated carbocycles. The Hall–Kier alpha value is -2.53. The summed E-state index contributed by atoms with van der Waals surface area (Å²) in [4.78, 5) is 12.1. The third kappa shape index (κ3) is 2.21. The number of aromatic amines is 1. The van der Waals surface area contributed by atoms with Gasteiger partial charge in [-0.05, 0) is 30.3 Å². The summed E-state index contributed by atoms with van der Waals surface area (Å²) in [7, 11) is 0. The van der Waals surface area contributed by atoms with Crippen molar-refractivity contribution in [3.05, 3.63) is 54.9 Å². The average Bonchev–Trinajstić information content (AvgIpc) is 2.90. The molecule has 4 aromatic rings. The molecule has 0 amide bonds. The van der Waals surface area contributed by atoms with Gasteiger partial charge < -0.3 is 10.7 Å². The van der Waals surface area contributed by atoms with Crippen LogP contribution in [-0.2, 0) is 0 Å². The van der Waals surface area contributed by atoms with Crippen molar-refractivity contribution in [3.8, 4) is 0 Å². The van der Waals surface area contributed by atoms with E-state index in [0.29, 0.717) is 0 Å². The predicted molar refractivity (Wildman–Crippen MR) is 86.4 cm³/mol. The van der Waals surface area contributed by atoms with Crippen LogP contribution in [0, 0.1) is 0 Å². The van der Waals surface area contributed by atoms with E-state index in [1.807, 2.05) is 30.3 Å². The number of fused-ring (bicyclic) bond motifs is 2. The number of nitrogens with one attached hydrogen (secondary N) is 1. The van der Waals surface area contributed by atoms with E-state index in [1.54, 1.807) is 18.1 Å². The van der Waals surface area contributed by atoms with Crippen LogP contribution >= 0.6 is 11.8 Å². The van der Waals surface area contributed by atoms with Gasteiger partial charge in [-0.3, -0.25) is 0 Å². The number of benzene rings is 2. The molecule has 4 nitrogen and oxygen atoms in total. The van der Waals surface area contributed by atoms with Crippen LogP contribution in [0.1, 0.15) is 0 Å². The topological polar surface area (TPSA) is 67.6 Å². The Kier molecular flexibility index (Phi) is 2.79. The fraction of sp³-hybridized carbons (Fsp3) is 0. The van der Waals surface area contributed by atoms with Crippen LogP contribution in [0.15, 0.2) is 64.9 Å². The minimum Gasteiger partial charge on any atom is -0.399 e. The van der Waals surface area contributed by atoms with Gasteiger partial charge in [-0.1, -0.05) is 30.0 Å². The Balaban J connectivity index is 1.81. The zero-order chi connectivity index (χ0) is 14.2. The molecular weight excluding hydrogens is 280 g/mol. The molecule has 0 fully saturated rings. The van der Waals surface area contributed by atoms with Gasteiger partial charge in [-0.2, -0.15) is 0 Å². The molecule has 0 unspecified atom stereocenters. The fourth-order valence-electron chi connectivity index (χ4n) is 2.34. The third-order valence-corrected chi connectivity index (χ3v) is 4.29. The zero-order valence-electron chi connectivity index (χ0n) is 11.1. The number of para-hydroxylation sites is 1. The Morgan fingerprint density at radius 3 is 2.81 bits per heavy atom. The highest BCUT2D eigenvalue weighted by Gasteiger charge is 2.08. The van der Waals surface area contributed by atoms with Crippen LogP contribution in [0.25, 0.3) is 21.8 Å². The molecule has 2 aromatic heterocycles. The van der Waals surface area contributed by atoms with Crippen molar-refractivity contribution in [1.82, 2.24) is 15.0 Å². The molecule has 2 aromatic carbocycles. The van der Waals surface area contributed by atoms with E-state index >= 15 is 0 Å². The van der Waals surface area contributed by atoms with Crippen LogP contribution in [0.2, 0.25) is 0 Å². The van der Waals surface area contributed by atoms with Gasteiger partial charge in [0, 0.05) is 22.0 Å². The number of anilines is 1. The molecule has 0 radical (unpaired) electrons. The molecular formula is C16H12N4S. The highest BCUT2D eigenvalue weighted by Crippen LogP contribution is 2.32. The maximum Gasteiger partial charge on any atom is 0.117 e. The molecule has 21 heavy (non-hydrogen) atoms. The van der Waals surface area contributed by atoms with Crippen LogP contribution in [0.4, 0.5) is 5.69 Å². The number of H-pyrrole nitrogens is 1. The molecule has 0 aliphatic heterocycles. The second-order valence-electron chi connectivity index (χ2n) is 4.78. The Morgan fingerprint density at radius 2 is 1.90 bits per heavy atom. The van der Waals surface area contributed by atoms with Crippen molar-refractivity contribution in [2.24, 2.45) is 0 Å². The SMILES string of the molecule is Nc1ccc2ncnc(Sc3cc4ccccc4[nH]3)c2c1. The maximum atomic E-state index is 5.87. The number of nitrogens with zero attached hydrogens (tertiary/aromatic N) is 2. The van der Waals surface area contributed by atoms with Gasteiger partial charge in [0.2, 0.25) is 0 Å². The van der Waals surface area contributed by atoms with E-state index in [2.05, 4.69) is 33.2 Å². The van der Waals surface area contributed by atoms with Gasteiger partial charge in [0.1, 0.15) is 11.4 Å². The lowest BCUT2D eigenvalue weighted by atomic mass is 10.2. The first-order valence-corrected chi connectivity index (χ1v) is 7.37. The molecule has 2 heterocycles. The smallest absolute Gasteiger partial charge is 0.117 e. The average molecular weight is 292 g/mol. The number of aromatic nitrogens is 3. The Labute approximate surface area is 125 Å². The van der Waals surface area contributed by atoms with Crippen LogP contribution in [-0.4, -0.2) is 15.0 Å². The normalized spacial score (nSPS) is 11.2. The van der Waals surface area contributed by atoms with E-state index in [1.165, 1.54) is 5.39 Å². The van der Waals surface area contributed by atoms with Crippen molar-refractivity contribution < 1.29 is 0 Å². The van der Waals surface area contributed by atoms with Crippen molar-refractivity contribution in [2.45, 2.75) is 10.1 Å². The number of rotatable bonds is 2. The number of nitrogens with two attached hydrogens (primary N) is 1. The lowest BCUT2D eigenvalue weighted by Gasteiger charge is -2.04. The summed E-state index contributed by atoms with van der Waals surface area (Å²) in [5.74, 6) is 0. The summed E-state index contributed by atoms with van der Waals surface area (Å²) in [6.45, 7) is 0. The van der Waals surface area contributed by atoms with Crippen molar-refractivity contribution >= 4 is 39.3 Å². The van der Waals surface area contributed by atoms with Crippen molar-refractivity contribution in [2.75, 3.05) is 5.73 Å². The number of nitrogen functional groups attached to an aromatic ring is 1. The lowest BCUT2D eigenvalue weighted by Crippen LogP contribution is -1.90. The van der Waals surface area contributed by atoms with Gasteiger partial charge in [0.05, 0.1) is 10.5 Å². The molecule has 0 spiro atoms. The molecule has 0 atom stereocenters. The van der Waals surface area contributed by atoms with Gasteiger partial charge in [-0.15, -0.1) is 0 Å². The van der Waals surface area contributed by atoms with Crippen molar-refractivity contribution in [3.63, 3.8) is 0 Å². The minimum absolute atomic E-state index is 0.718. The molecule has 4 rings (SSSR count). The van der Waals surface area contributed by atoms with Crippen LogP contribution in [0.5, 0.6) is 0 Å². The summed E-state index contributed by atoms with van der Waals surface area (Å²) >= 11 is 1.59. The lowest BCUT2D eigenvalue weighted by molar-refractivity contribution is 1.09. The first kappa shape index (κ1) is 12.2. The second kappa shape index (κ2) is 4.79. The molecule has 0 aliphatic rings. The highest BCUT2D eigenvalue weighted by atomic mass is 32.2. The molecule has 102 valence electrons. The van der Waals surface area contributed by atoms with Crippen molar-refractivity contribution in [1.29, 1.82) is 0 Å². The monoisotopic (exact) mass is 292 g/mol. The quantitative estimate of drug-likeness (QED) is 0.435. The molecule has 0 saturated heterocycles. The first-order valence-electron chi connectivity index (χ1n) is 6.55. The summed E-state index contributed by atoms with van der Waals surface area (Å²) in [5, 5.41) is 4.12. The van der Waals surface area contributed by atoms with Gasteiger partial charge in [0.25, 0.3) is 0 Å².